The van der Waals surface area contributed by atoms with Crippen LogP contribution in [0.4, 0.5) is 0 Å². The molecule has 102 valence electrons. The van der Waals surface area contributed by atoms with Crippen LogP contribution in [0.15, 0.2) is 36.4 Å². The van der Waals surface area contributed by atoms with Gasteiger partial charge in [-0.3, -0.25) is 4.79 Å². The fourth-order valence-electron chi connectivity index (χ4n) is 1.68. The number of hydrogen-bond donors (Lipinski definition) is 1. The Hall–Kier alpha value is -1.90. The SMILES string of the molecule is CCC(=O)/C=C(\NCCCC(C)=O)c1ccccc1. The molecule has 0 aliphatic rings. The van der Waals surface area contributed by atoms with Crippen LogP contribution in [0.3, 0.4) is 0 Å². The van der Waals surface area contributed by atoms with E-state index in [1.54, 1.807) is 13.0 Å². The lowest BCUT2D eigenvalue weighted by Gasteiger charge is -2.10. The summed E-state index contributed by atoms with van der Waals surface area (Å²) in [6.45, 7) is 4.13. The van der Waals surface area contributed by atoms with Crippen molar-refractivity contribution in [2.45, 2.75) is 33.1 Å². The number of carbonyl (C=O) groups is 2. The Kier molecular flexibility index (Phi) is 6.58. The molecule has 0 aliphatic carbocycles. The molecule has 0 amide bonds. The summed E-state index contributed by atoms with van der Waals surface area (Å²) >= 11 is 0. The van der Waals surface area contributed by atoms with Gasteiger partial charge in [0, 0.05) is 31.2 Å². The van der Waals surface area contributed by atoms with Gasteiger partial charge in [0.25, 0.3) is 0 Å². The van der Waals surface area contributed by atoms with Crippen molar-refractivity contribution in [2.24, 2.45) is 0 Å². The van der Waals surface area contributed by atoms with Crippen LogP contribution in [0.1, 0.15) is 38.7 Å². The van der Waals surface area contributed by atoms with Gasteiger partial charge in [-0.25, -0.2) is 0 Å². The topological polar surface area (TPSA) is 46.2 Å². The standard InChI is InChI=1S/C16H21NO2/c1-3-15(19)12-16(14-9-5-4-6-10-14)17-11-7-8-13(2)18/h4-6,9-10,12,17H,3,7-8,11H2,1-2H3/b16-12-. The van der Waals surface area contributed by atoms with Crippen molar-refractivity contribution in [3.05, 3.63) is 42.0 Å². The van der Waals surface area contributed by atoms with Gasteiger partial charge in [0.1, 0.15) is 5.78 Å². The Bertz CT molecular complexity index is 449. The molecule has 0 fully saturated rings. The molecule has 1 aromatic carbocycles. The van der Waals surface area contributed by atoms with Gasteiger partial charge in [-0.15, -0.1) is 0 Å². The number of rotatable bonds is 8. The van der Waals surface area contributed by atoms with Crippen LogP contribution in [0.25, 0.3) is 5.70 Å². The second-order valence-electron chi connectivity index (χ2n) is 4.48. The maximum Gasteiger partial charge on any atom is 0.157 e. The van der Waals surface area contributed by atoms with E-state index in [4.69, 9.17) is 0 Å². The molecule has 0 saturated heterocycles. The lowest BCUT2D eigenvalue weighted by molar-refractivity contribution is -0.117. The number of Topliss-reactive ketones (excluding diaryl/α,β-unsaturated/α-hetero) is 1. The molecule has 3 heteroatoms. The van der Waals surface area contributed by atoms with Crippen LogP contribution in [-0.2, 0) is 9.59 Å². The molecule has 0 bridgehead atoms. The molecule has 0 radical (unpaired) electrons. The van der Waals surface area contributed by atoms with Crippen molar-refractivity contribution >= 4 is 17.3 Å². The highest BCUT2D eigenvalue weighted by molar-refractivity contribution is 5.96. The average Bonchev–Trinajstić information content (AvgIpc) is 2.42. The second-order valence-corrected chi connectivity index (χ2v) is 4.48. The minimum atomic E-state index is 0.0953. The van der Waals surface area contributed by atoms with Gasteiger partial charge >= 0.3 is 0 Å². The quantitative estimate of drug-likeness (QED) is 0.576. The smallest absolute Gasteiger partial charge is 0.157 e. The number of ketones is 2. The van der Waals surface area contributed by atoms with E-state index in [0.717, 1.165) is 17.7 Å². The predicted octanol–water partition coefficient (Wildman–Crippen LogP) is 2.97. The second kappa shape index (κ2) is 8.25. The molecule has 19 heavy (non-hydrogen) atoms. The first-order valence-electron chi connectivity index (χ1n) is 6.66. The Morgan fingerprint density at radius 1 is 1.21 bits per heavy atom. The summed E-state index contributed by atoms with van der Waals surface area (Å²) in [6, 6.07) is 9.76. The number of carbonyl (C=O) groups excluding carboxylic acids is 2. The van der Waals surface area contributed by atoms with Crippen LogP contribution >= 0.6 is 0 Å². The van der Waals surface area contributed by atoms with Crippen molar-refractivity contribution in [1.82, 2.24) is 5.32 Å². The van der Waals surface area contributed by atoms with Gasteiger partial charge in [0.05, 0.1) is 0 Å². The van der Waals surface area contributed by atoms with Crippen LogP contribution in [0.2, 0.25) is 0 Å². The summed E-state index contributed by atoms with van der Waals surface area (Å²) in [4.78, 5) is 22.5. The van der Waals surface area contributed by atoms with Gasteiger partial charge in [-0.05, 0) is 18.9 Å². The zero-order valence-electron chi connectivity index (χ0n) is 11.6. The van der Waals surface area contributed by atoms with E-state index >= 15 is 0 Å². The number of hydrogen-bond acceptors (Lipinski definition) is 3. The van der Waals surface area contributed by atoms with Crippen molar-refractivity contribution in [2.75, 3.05) is 6.54 Å². The lowest BCUT2D eigenvalue weighted by Crippen LogP contribution is -2.15. The molecule has 1 rings (SSSR count). The van der Waals surface area contributed by atoms with E-state index in [1.807, 2.05) is 37.3 Å². The minimum Gasteiger partial charge on any atom is -0.384 e. The third-order valence-electron chi connectivity index (χ3n) is 2.76. The lowest BCUT2D eigenvalue weighted by atomic mass is 10.1. The van der Waals surface area contributed by atoms with Gasteiger partial charge < -0.3 is 10.1 Å². The largest absolute Gasteiger partial charge is 0.384 e. The molecule has 0 unspecified atom stereocenters. The van der Waals surface area contributed by atoms with Gasteiger partial charge in [-0.2, -0.15) is 0 Å². The van der Waals surface area contributed by atoms with Crippen molar-refractivity contribution in [3.8, 4) is 0 Å². The van der Waals surface area contributed by atoms with Crippen molar-refractivity contribution < 1.29 is 9.59 Å². The van der Waals surface area contributed by atoms with Crippen molar-refractivity contribution in [3.63, 3.8) is 0 Å². The fraction of sp³-hybridized carbons (Fsp3) is 0.375. The van der Waals surface area contributed by atoms with E-state index in [0.29, 0.717) is 19.4 Å². The molecule has 0 saturated carbocycles. The third kappa shape index (κ3) is 6.00. The first-order chi connectivity index (χ1) is 9.13. The third-order valence-corrected chi connectivity index (χ3v) is 2.76. The molecular formula is C16H21NO2. The Morgan fingerprint density at radius 3 is 2.47 bits per heavy atom. The first-order valence-corrected chi connectivity index (χ1v) is 6.66. The summed E-state index contributed by atoms with van der Waals surface area (Å²) in [6.07, 6.45) is 3.48. The molecule has 0 aliphatic heterocycles. The molecule has 0 aromatic heterocycles. The Morgan fingerprint density at radius 2 is 1.89 bits per heavy atom. The van der Waals surface area contributed by atoms with Gasteiger partial charge in [0.15, 0.2) is 5.78 Å². The van der Waals surface area contributed by atoms with E-state index in [2.05, 4.69) is 5.32 Å². The minimum absolute atomic E-state index is 0.0953. The highest BCUT2D eigenvalue weighted by atomic mass is 16.1. The van der Waals surface area contributed by atoms with Crippen LogP contribution in [-0.4, -0.2) is 18.1 Å². The van der Waals surface area contributed by atoms with Crippen molar-refractivity contribution in [1.29, 1.82) is 0 Å². The molecule has 0 heterocycles. The molecule has 1 N–H and O–H groups in total. The van der Waals surface area contributed by atoms with E-state index < -0.39 is 0 Å². The Balaban J connectivity index is 2.69. The molecule has 0 spiro atoms. The highest BCUT2D eigenvalue weighted by Gasteiger charge is 2.03. The van der Waals surface area contributed by atoms with Gasteiger partial charge in [0.2, 0.25) is 0 Å². The van der Waals surface area contributed by atoms with E-state index in [-0.39, 0.29) is 11.6 Å². The summed E-state index contributed by atoms with van der Waals surface area (Å²) in [5.74, 6) is 0.287. The normalized spacial score (nSPS) is 11.2. The Labute approximate surface area is 114 Å². The first kappa shape index (κ1) is 15.2. The fourth-order valence-corrected chi connectivity index (χ4v) is 1.68. The van der Waals surface area contributed by atoms with E-state index in [1.165, 1.54) is 0 Å². The number of benzene rings is 1. The monoisotopic (exact) mass is 259 g/mol. The predicted molar refractivity (Wildman–Crippen MR) is 77.6 cm³/mol. The number of nitrogens with one attached hydrogen (secondary N) is 1. The molecule has 0 atom stereocenters. The number of allylic oxidation sites excluding steroid dienone is 1. The zero-order chi connectivity index (χ0) is 14.1. The summed E-state index contributed by atoms with van der Waals surface area (Å²) in [5.41, 5.74) is 1.82. The summed E-state index contributed by atoms with van der Waals surface area (Å²) in [7, 11) is 0. The maximum absolute atomic E-state index is 11.6. The van der Waals surface area contributed by atoms with Crippen LogP contribution in [0, 0.1) is 0 Å². The van der Waals surface area contributed by atoms with Gasteiger partial charge in [-0.1, -0.05) is 37.3 Å². The summed E-state index contributed by atoms with van der Waals surface area (Å²) in [5, 5.41) is 3.24. The van der Waals surface area contributed by atoms with E-state index in [9.17, 15) is 9.59 Å². The zero-order valence-corrected chi connectivity index (χ0v) is 11.6. The molecule has 3 nitrogen and oxygen atoms in total. The summed E-state index contributed by atoms with van der Waals surface area (Å²) < 4.78 is 0. The van der Waals surface area contributed by atoms with Crippen LogP contribution < -0.4 is 5.32 Å². The molecule has 1 aromatic rings. The average molecular weight is 259 g/mol. The maximum atomic E-state index is 11.6. The van der Waals surface area contributed by atoms with Crippen LogP contribution in [0.5, 0.6) is 0 Å². The molecular weight excluding hydrogens is 238 g/mol. The highest BCUT2D eigenvalue weighted by Crippen LogP contribution is 2.11.